The van der Waals surface area contributed by atoms with Crippen LogP contribution in [-0.2, 0) is 11.4 Å². The molecule has 0 unspecified atom stereocenters. The van der Waals surface area contributed by atoms with Gasteiger partial charge in [0.25, 0.3) is 0 Å². The van der Waals surface area contributed by atoms with Crippen molar-refractivity contribution in [1.82, 2.24) is 0 Å². The van der Waals surface area contributed by atoms with Gasteiger partial charge in [-0.3, -0.25) is 4.79 Å². The number of hydrogen-bond acceptors (Lipinski definition) is 3. The second-order valence-electron chi connectivity index (χ2n) is 6.47. The minimum Gasteiger partial charge on any atom is -0.493 e. The number of anilines is 1. The standard InChI is InChI=1S/C24H22ClNO3/c1-17-14-20(25)10-11-21(17)26-24(27)13-9-18-8-12-22(23(15-18)28-2)29-16-19-6-4-3-5-7-19/h3-15H,16H2,1-2H3,(H,26,27)/b13-9+. The summed E-state index contributed by atoms with van der Waals surface area (Å²) in [7, 11) is 1.59. The third-order valence-electron chi connectivity index (χ3n) is 4.30. The molecule has 0 spiro atoms. The molecular formula is C24H22ClNO3. The summed E-state index contributed by atoms with van der Waals surface area (Å²) >= 11 is 5.94. The molecule has 4 nitrogen and oxygen atoms in total. The van der Waals surface area contributed by atoms with Crippen LogP contribution in [0.4, 0.5) is 5.69 Å². The normalized spacial score (nSPS) is 10.7. The predicted molar refractivity (Wildman–Crippen MR) is 118 cm³/mol. The third-order valence-corrected chi connectivity index (χ3v) is 4.53. The number of aryl methyl sites for hydroxylation is 1. The van der Waals surface area contributed by atoms with E-state index in [9.17, 15) is 4.79 Å². The van der Waals surface area contributed by atoms with Crippen LogP contribution in [0, 0.1) is 6.92 Å². The summed E-state index contributed by atoms with van der Waals surface area (Å²) in [5.74, 6) is 1.03. The van der Waals surface area contributed by atoms with Crippen LogP contribution < -0.4 is 14.8 Å². The largest absolute Gasteiger partial charge is 0.493 e. The number of hydrogen-bond donors (Lipinski definition) is 1. The number of rotatable bonds is 7. The van der Waals surface area contributed by atoms with E-state index >= 15 is 0 Å². The van der Waals surface area contributed by atoms with E-state index in [1.807, 2.05) is 55.5 Å². The summed E-state index contributed by atoms with van der Waals surface area (Å²) in [5, 5.41) is 3.48. The highest BCUT2D eigenvalue weighted by Gasteiger charge is 2.06. The number of methoxy groups -OCH3 is 1. The van der Waals surface area contributed by atoms with Gasteiger partial charge in [-0.15, -0.1) is 0 Å². The molecule has 0 aromatic heterocycles. The van der Waals surface area contributed by atoms with Crippen LogP contribution in [-0.4, -0.2) is 13.0 Å². The van der Waals surface area contributed by atoms with Gasteiger partial charge in [0.2, 0.25) is 5.91 Å². The second-order valence-corrected chi connectivity index (χ2v) is 6.90. The first kappa shape index (κ1) is 20.5. The minimum atomic E-state index is -0.223. The molecule has 1 amide bonds. The molecule has 0 fully saturated rings. The van der Waals surface area contributed by atoms with Crippen molar-refractivity contribution < 1.29 is 14.3 Å². The second kappa shape index (κ2) is 9.80. The van der Waals surface area contributed by atoms with Crippen LogP contribution in [0.5, 0.6) is 11.5 Å². The van der Waals surface area contributed by atoms with Crippen molar-refractivity contribution >= 4 is 29.3 Å². The van der Waals surface area contributed by atoms with Gasteiger partial charge in [-0.05, 0) is 60.0 Å². The van der Waals surface area contributed by atoms with E-state index in [4.69, 9.17) is 21.1 Å². The Morgan fingerprint density at radius 3 is 2.55 bits per heavy atom. The summed E-state index contributed by atoms with van der Waals surface area (Å²) in [6, 6.07) is 20.8. The van der Waals surface area contributed by atoms with Crippen LogP contribution >= 0.6 is 11.6 Å². The Kier molecular flexibility index (Phi) is 6.93. The smallest absolute Gasteiger partial charge is 0.248 e. The van der Waals surface area contributed by atoms with Gasteiger partial charge in [0.05, 0.1) is 7.11 Å². The van der Waals surface area contributed by atoms with Crippen molar-refractivity contribution in [1.29, 1.82) is 0 Å². The molecule has 0 aliphatic rings. The van der Waals surface area contributed by atoms with Crippen molar-refractivity contribution in [2.24, 2.45) is 0 Å². The first-order valence-electron chi connectivity index (χ1n) is 9.15. The number of ether oxygens (including phenoxy) is 2. The van der Waals surface area contributed by atoms with Gasteiger partial charge in [-0.1, -0.05) is 48.0 Å². The fraction of sp³-hybridized carbons (Fsp3) is 0.125. The molecule has 3 aromatic rings. The summed E-state index contributed by atoms with van der Waals surface area (Å²) in [4.78, 5) is 12.2. The number of amides is 1. The molecule has 3 aromatic carbocycles. The van der Waals surface area contributed by atoms with Crippen LogP contribution in [0.1, 0.15) is 16.7 Å². The van der Waals surface area contributed by atoms with Gasteiger partial charge >= 0.3 is 0 Å². The maximum Gasteiger partial charge on any atom is 0.248 e. The zero-order valence-corrected chi connectivity index (χ0v) is 17.1. The van der Waals surface area contributed by atoms with Crippen LogP contribution in [0.3, 0.4) is 0 Å². The van der Waals surface area contributed by atoms with Crippen molar-refractivity contribution in [3.8, 4) is 11.5 Å². The van der Waals surface area contributed by atoms with Crippen molar-refractivity contribution in [2.75, 3.05) is 12.4 Å². The highest BCUT2D eigenvalue weighted by atomic mass is 35.5. The average molecular weight is 408 g/mol. The molecule has 5 heteroatoms. The zero-order chi connectivity index (χ0) is 20.6. The van der Waals surface area contributed by atoms with Crippen molar-refractivity contribution in [3.63, 3.8) is 0 Å². The average Bonchev–Trinajstić information content (AvgIpc) is 2.73. The van der Waals surface area contributed by atoms with E-state index in [0.29, 0.717) is 23.1 Å². The van der Waals surface area contributed by atoms with Crippen LogP contribution in [0.15, 0.2) is 72.8 Å². The lowest BCUT2D eigenvalue weighted by molar-refractivity contribution is -0.111. The fourth-order valence-electron chi connectivity index (χ4n) is 2.76. The lowest BCUT2D eigenvalue weighted by atomic mass is 10.1. The Hall–Kier alpha value is -3.24. The summed E-state index contributed by atoms with van der Waals surface area (Å²) in [6.07, 6.45) is 3.21. The monoisotopic (exact) mass is 407 g/mol. The summed E-state index contributed by atoms with van der Waals surface area (Å²) in [6.45, 7) is 2.35. The molecule has 0 saturated heterocycles. The maximum absolute atomic E-state index is 12.2. The Balaban J connectivity index is 1.65. The first-order valence-corrected chi connectivity index (χ1v) is 9.53. The molecule has 0 heterocycles. The summed E-state index contributed by atoms with van der Waals surface area (Å²) < 4.78 is 11.3. The molecule has 0 saturated carbocycles. The number of halogens is 1. The Morgan fingerprint density at radius 1 is 1.03 bits per heavy atom. The molecular weight excluding hydrogens is 386 g/mol. The lowest BCUT2D eigenvalue weighted by Crippen LogP contribution is -2.08. The lowest BCUT2D eigenvalue weighted by Gasteiger charge is -2.11. The van der Waals surface area contributed by atoms with Gasteiger partial charge in [-0.2, -0.15) is 0 Å². The van der Waals surface area contributed by atoms with E-state index < -0.39 is 0 Å². The number of carbonyl (C=O) groups is 1. The molecule has 0 radical (unpaired) electrons. The minimum absolute atomic E-state index is 0.223. The van der Waals surface area contributed by atoms with Gasteiger partial charge < -0.3 is 14.8 Å². The highest BCUT2D eigenvalue weighted by molar-refractivity contribution is 6.30. The van der Waals surface area contributed by atoms with Gasteiger partial charge in [-0.25, -0.2) is 0 Å². The molecule has 148 valence electrons. The highest BCUT2D eigenvalue weighted by Crippen LogP contribution is 2.29. The topological polar surface area (TPSA) is 47.6 Å². The number of nitrogens with one attached hydrogen (secondary N) is 1. The zero-order valence-electron chi connectivity index (χ0n) is 16.3. The van der Waals surface area contributed by atoms with Crippen molar-refractivity contribution in [2.45, 2.75) is 13.5 Å². The van der Waals surface area contributed by atoms with E-state index in [2.05, 4.69) is 5.32 Å². The maximum atomic E-state index is 12.2. The summed E-state index contributed by atoms with van der Waals surface area (Å²) in [5.41, 5.74) is 3.54. The molecule has 29 heavy (non-hydrogen) atoms. The van der Waals surface area contributed by atoms with E-state index in [1.165, 1.54) is 6.08 Å². The fourth-order valence-corrected chi connectivity index (χ4v) is 2.98. The Labute approximate surface area is 175 Å². The molecule has 0 bridgehead atoms. The van der Waals surface area contributed by atoms with E-state index in [0.717, 1.165) is 22.4 Å². The quantitative estimate of drug-likeness (QED) is 0.497. The third kappa shape index (κ3) is 5.87. The van der Waals surface area contributed by atoms with Crippen LogP contribution in [0.25, 0.3) is 6.08 Å². The SMILES string of the molecule is COc1cc(/C=C/C(=O)Nc2ccc(Cl)cc2C)ccc1OCc1ccccc1. The number of benzene rings is 3. The Morgan fingerprint density at radius 2 is 1.83 bits per heavy atom. The van der Waals surface area contributed by atoms with Gasteiger partial charge in [0.15, 0.2) is 11.5 Å². The molecule has 0 aliphatic carbocycles. The molecule has 0 atom stereocenters. The molecule has 0 aliphatic heterocycles. The van der Waals surface area contributed by atoms with Crippen LogP contribution in [0.2, 0.25) is 5.02 Å². The molecule has 1 N–H and O–H groups in total. The van der Waals surface area contributed by atoms with Gasteiger partial charge in [0.1, 0.15) is 6.61 Å². The van der Waals surface area contributed by atoms with Gasteiger partial charge in [0, 0.05) is 16.8 Å². The first-order chi connectivity index (χ1) is 14.0. The van der Waals surface area contributed by atoms with E-state index in [-0.39, 0.29) is 5.91 Å². The van der Waals surface area contributed by atoms with Crippen molar-refractivity contribution in [3.05, 3.63) is 94.5 Å². The molecule has 3 rings (SSSR count). The predicted octanol–water partition coefficient (Wildman–Crippen LogP) is 5.89. The Bertz CT molecular complexity index is 1020. The van der Waals surface area contributed by atoms with E-state index in [1.54, 1.807) is 31.4 Å². The number of carbonyl (C=O) groups excluding carboxylic acids is 1.